The first-order chi connectivity index (χ1) is 11.1. The summed E-state index contributed by atoms with van der Waals surface area (Å²) >= 11 is 3.47. The summed E-state index contributed by atoms with van der Waals surface area (Å²) in [6.07, 6.45) is 4.75. The molecule has 0 radical (unpaired) electrons. The zero-order valence-corrected chi connectivity index (χ0v) is 14.8. The second-order valence-corrected chi connectivity index (χ2v) is 7.40. The minimum Gasteiger partial charge on any atom is -0.355 e. The quantitative estimate of drug-likeness (QED) is 0.855. The summed E-state index contributed by atoms with van der Waals surface area (Å²) in [5.74, 6) is 0.644. The molecule has 1 saturated carbocycles. The van der Waals surface area contributed by atoms with Gasteiger partial charge in [0.1, 0.15) is 0 Å². The van der Waals surface area contributed by atoms with Crippen LogP contribution in [0.1, 0.15) is 43.6 Å². The van der Waals surface area contributed by atoms with Crippen molar-refractivity contribution in [2.45, 2.75) is 38.0 Å². The monoisotopic (exact) mass is 378 g/mol. The van der Waals surface area contributed by atoms with Gasteiger partial charge in [-0.1, -0.05) is 28.1 Å². The third-order valence-corrected chi connectivity index (χ3v) is 5.24. The lowest BCUT2D eigenvalue weighted by Gasteiger charge is -2.26. The summed E-state index contributed by atoms with van der Waals surface area (Å²) in [5.41, 5.74) is 1.21. The van der Waals surface area contributed by atoms with E-state index in [0.29, 0.717) is 18.9 Å². The highest BCUT2D eigenvalue weighted by atomic mass is 79.9. The zero-order valence-electron chi connectivity index (χ0n) is 13.3. The lowest BCUT2D eigenvalue weighted by Crippen LogP contribution is -2.38. The van der Waals surface area contributed by atoms with Crippen molar-refractivity contribution in [3.05, 3.63) is 34.3 Å². The lowest BCUT2D eigenvalue weighted by molar-refractivity contribution is -0.132. The van der Waals surface area contributed by atoms with Crippen molar-refractivity contribution in [3.8, 4) is 0 Å². The van der Waals surface area contributed by atoms with Gasteiger partial charge in [0, 0.05) is 36.4 Å². The molecular weight excluding hydrogens is 356 g/mol. The van der Waals surface area contributed by atoms with Gasteiger partial charge in [0.05, 0.1) is 0 Å². The number of carbonyl (C=O) groups is 2. The van der Waals surface area contributed by atoms with E-state index in [0.717, 1.165) is 36.8 Å². The summed E-state index contributed by atoms with van der Waals surface area (Å²) < 4.78 is 1.05. The van der Waals surface area contributed by atoms with Crippen LogP contribution in [0.4, 0.5) is 0 Å². The number of benzene rings is 1. The van der Waals surface area contributed by atoms with Gasteiger partial charge in [-0.3, -0.25) is 9.59 Å². The number of rotatable bonds is 5. The SMILES string of the molecule is O=C(NCCC(=O)N1CCCCC1)[C@H]1C[C@@H]1c1cccc(Br)c1. The van der Waals surface area contributed by atoms with Gasteiger partial charge in [-0.05, 0) is 49.3 Å². The molecule has 1 aliphatic heterocycles. The minimum absolute atomic E-state index is 0.0642. The number of hydrogen-bond acceptors (Lipinski definition) is 2. The molecule has 5 heteroatoms. The van der Waals surface area contributed by atoms with Crippen molar-refractivity contribution < 1.29 is 9.59 Å². The summed E-state index contributed by atoms with van der Waals surface area (Å²) in [5, 5.41) is 2.93. The second-order valence-electron chi connectivity index (χ2n) is 6.49. The fourth-order valence-corrected chi connectivity index (χ4v) is 3.73. The molecular formula is C18H23BrN2O2. The predicted molar refractivity (Wildman–Crippen MR) is 93.0 cm³/mol. The first-order valence-corrected chi connectivity index (χ1v) is 9.25. The molecule has 1 N–H and O–H groups in total. The average Bonchev–Trinajstić information content (AvgIpc) is 3.36. The molecule has 0 spiro atoms. The van der Waals surface area contributed by atoms with Crippen molar-refractivity contribution >= 4 is 27.7 Å². The molecule has 2 amide bonds. The third-order valence-electron chi connectivity index (χ3n) is 4.75. The number of amides is 2. The topological polar surface area (TPSA) is 49.4 Å². The molecule has 2 aliphatic rings. The Morgan fingerprint density at radius 3 is 2.74 bits per heavy atom. The number of likely N-dealkylation sites (tertiary alicyclic amines) is 1. The van der Waals surface area contributed by atoms with E-state index in [1.165, 1.54) is 12.0 Å². The van der Waals surface area contributed by atoms with Crippen LogP contribution in [0.2, 0.25) is 0 Å². The largest absolute Gasteiger partial charge is 0.355 e. The summed E-state index contributed by atoms with van der Waals surface area (Å²) in [6.45, 7) is 2.20. The van der Waals surface area contributed by atoms with E-state index >= 15 is 0 Å². The van der Waals surface area contributed by atoms with E-state index in [9.17, 15) is 9.59 Å². The van der Waals surface area contributed by atoms with Gasteiger partial charge >= 0.3 is 0 Å². The molecule has 1 aliphatic carbocycles. The Balaban J connectivity index is 1.40. The van der Waals surface area contributed by atoms with Gasteiger partial charge in [-0.25, -0.2) is 0 Å². The van der Waals surface area contributed by atoms with Crippen LogP contribution in [0.15, 0.2) is 28.7 Å². The molecule has 1 aromatic rings. The van der Waals surface area contributed by atoms with E-state index in [4.69, 9.17) is 0 Å². The van der Waals surface area contributed by atoms with Crippen molar-refractivity contribution in [2.75, 3.05) is 19.6 Å². The second kappa shape index (κ2) is 7.47. The van der Waals surface area contributed by atoms with E-state index in [-0.39, 0.29) is 17.7 Å². The van der Waals surface area contributed by atoms with E-state index < -0.39 is 0 Å². The maximum absolute atomic E-state index is 12.2. The number of piperidine rings is 1. The molecule has 124 valence electrons. The summed E-state index contributed by atoms with van der Waals surface area (Å²) in [6, 6.07) is 8.15. The Kier molecular flexibility index (Phi) is 5.36. The van der Waals surface area contributed by atoms with Crippen LogP contribution < -0.4 is 5.32 Å². The Hall–Kier alpha value is -1.36. The van der Waals surface area contributed by atoms with Crippen LogP contribution >= 0.6 is 15.9 Å². The minimum atomic E-state index is 0.0642. The van der Waals surface area contributed by atoms with Crippen molar-refractivity contribution in [3.63, 3.8) is 0 Å². The standard InChI is InChI=1S/C18H23BrN2O2/c19-14-6-4-5-13(11-14)15-12-16(15)18(23)20-8-7-17(22)21-9-2-1-3-10-21/h4-6,11,15-16H,1-3,7-10,12H2,(H,20,23)/t15-,16+/m1/s1. The Morgan fingerprint density at radius 2 is 2.00 bits per heavy atom. The number of nitrogens with one attached hydrogen (secondary N) is 1. The van der Waals surface area contributed by atoms with Gasteiger partial charge in [-0.15, -0.1) is 0 Å². The zero-order chi connectivity index (χ0) is 16.2. The first-order valence-electron chi connectivity index (χ1n) is 8.46. The summed E-state index contributed by atoms with van der Waals surface area (Å²) in [7, 11) is 0. The van der Waals surface area contributed by atoms with Crippen LogP contribution in [0.3, 0.4) is 0 Å². The molecule has 4 nitrogen and oxygen atoms in total. The smallest absolute Gasteiger partial charge is 0.224 e. The number of hydrogen-bond donors (Lipinski definition) is 1. The van der Waals surface area contributed by atoms with Gasteiger partial charge < -0.3 is 10.2 Å². The van der Waals surface area contributed by atoms with Gasteiger partial charge in [0.15, 0.2) is 0 Å². The average molecular weight is 379 g/mol. The molecule has 0 unspecified atom stereocenters. The summed E-state index contributed by atoms with van der Waals surface area (Å²) in [4.78, 5) is 26.2. The van der Waals surface area contributed by atoms with Crippen LogP contribution in [0, 0.1) is 5.92 Å². The predicted octanol–water partition coefficient (Wildman–Crippen LogP) is 3.07. The fourth-order valence-electron chi connectivity index (χ4n) is 3.32. The maximum Gasteiger partial charge on any atom is 0.224 e. The molecule has 3 rings (SSSR count). The third kappa shape index (κ3) is 4.34. The molecule has 2 fully saturated rings. The maximum atomic E-state index is 12.2. The molecule has 1 aromatic carbocycles. The van der Waals surface area contributed by atoms with E-state index in [1.54, 1.807) is 0 Å². The highest BCUT2D eigenvalue weighted by Crippen LogP contribution is 2.47. The van der Waals surface area contributed by atoms with Crippen molar-refractivity contribution in [1.29, 1.82) is 0 Å². The highest BCUT2D eigenvalue weighted by molar-refractivity contribution is 9.10. The van der Waals surface area contributed by atoms with Gasteiger partial charge in [0.25, 0.3) is 0 Å². The molecule has 0 bridgehead atoms. The molecule has 0 aromatic heterocycles. The van der Waals surface area contributed by atoms with Crippen LogP contribution in [0.5, 0.6) is 0 Å². The first kappa shape index (κ1) is 16.5. The van der Waals surface area contributed by atoms with Crippen molar-refractivity contribution in [2.24, 2.45) is 5.92 Å². The van der Waals surface area contributed by atoms with Crippen LogP contribution in [-0.4, -0.2) is 36.3 Å². The number of carbonyl (C=O) groups excluding carboxylic acids is 2. The Bertz CT molecular complexity index is 584. The van der Waals surface area contributed by atoms with Crippen LogP contribution in [0.25, 0.3) is 0 Å². The van der Waals surface area contributed by atoms with Crippen molar-refractivity contribution in [1.82, 2.24) is 10.2 Å². The van der Waals surface area contributed by atoms with Gasteiger partial charge in [-0.2, -0.15) is 0 Å². The Labute approximate surface area is 145 Å². The molecule has 2 atom stereocenters. The number of nitrogens with zero attached hydrogens (tertiary/aromatic N) is 1. The molecule has 1 heterocycles. The van der Waals surface area contributed by atoms with Gasteiger partial charge in [0.2, 0.25) is 11.8 Å². The number of halogens is 1. The fraction of sp³-hybridized carbons (Fsp3) is 0.556. The normalized spacial score (nSPS) is 23.4. The molecule has 23 heavy (non-hydrogen) atoms. The highest BCUT2D eigenvalue weighted by Gasteiger charge is 2.43. The lowest BCUT2D eigenvalue weighted by atomic mass is 10.1. The Morgan fingerprint density at radius 1 is 1.22 bits per heavy atom. The molecule has 1 saturated heterocycles. The van der Waals surface area contributed by atoms with E-state index in [2.05, 4.69) is 33.4 Å². The van der Waals surface area contributed by atoms with Crippen LogP contribution in [-0.2, 0) is 9.59 Å². The van der Waals surface area contributed by atoms with E-state index in [1.807, 2.05) is 17.0 Å².